The second kappa shape index (κ2) is 8.59. The second-order valence-electron chi connectivity index (χ2n) is 10.9. The van der Waals surface area contributed by atoms with E-state index in [4.69, 9.17) is 21.9 Å². The fourth-order valence-corrected chi connectivity index (χ4v) is 7.63. The molecule has 180 valence electrons. The van der Waals surface area contributed by atoms with Gasteiger partial charge in [-0.05, 0) is 98.4 Å². The number of carbonyl (C=O) groups excluding carboxylic acids is 1. The van der Waals surface area contributed by atoms with E-state index in [1.54, 1.807) is 7.11 Å². The van der Waals surface area contributed by atoms with Crippen LogP contribution in [-0.2, 0) is 5.41 Å². The van der Waals surface area contributed by atoms with Crippen molar-refractivity contribution in [2.24, 2.45) is 17.8 Å². The summed E-state index contributed by atoms with van der Waals surface area (Å²) in [5, 5.41) is 1.19. The molecule has 4 fully saturated rings. The van der Waals surface area contributed by atoms with Gasteiger partial charge in [0, 0.05) is 5.39 Å². The largest absolute Gasteiger partial charge is 0.496 e. The van der Waals surface area contributed by atoms with Crippen molar-refractivity contribution in [2.75, 3.05) is 7.11 Å². The van der Waals surface area contributed by atoms with Gasteiger partial charge in [-0.15, -0.1) is 0 Å². The van der Waals surface area contributed by atoms with Crippen LogP contribution < -0.4 is 15.6 Å². The van der Waals surface area contributed by atoms with E-state index in [0.717, 1.165) is 34.4 Å². The number of carbonyl (C=O) groups is 1. The minimum Gasteiger partial charge on any atom is -0.496 e. The van der Waals surface area contributed by atoms with E-state index >= 15 is 0 Å². The maximum atomic E-state index is 13.3. The zero-order valence-electron chi connectivity index (χ0n) is 20.3. The standard InChI is InChI=1S/C29H31N3O2S/c1-17-7-8-26(34-2)22(9-17)28(35)32-31-27(33)25-13-23(21-5-3-4-6-24(21)30-25)29-14-18-10-19(15-29)12-20(11-18)16-29/h3-9,13,18-20H,10-12,14-16H2,1-2H3,(H,31,33)(H,32,35). The van der Waals surface area contributed by atoms with Crippen LogP contribution in [-0.4, -0.2) is 23.0 Å². The third-order valence-electron chi connectivity index (χ3n) is 8.45. The van der Waals surface area contributed by atoms with Gasteiger partial charge in [0.1, 0.15) is 16.4 Å². The lowest BCUT2D eigenvalue weighted by molar-refractivity contribution is -0.00454. The molecule has 7 rings (SSSR count). The van der Waals surface area contributed by atoms with Gasteiger partial charge < -0.3 is 4.74 Å². The fourth-order valence-electron chi connectivity index (χ4n) is 7.42. The molecule has 3 aromatic rings. The highest BCUT2D eigenvalue weighted by atomic mass is 32.1. The van der Waals surface area contributed by atoms with E-state index < -0.39 is 0 Å². The maximum Gasteiger partial charge on any atom is 0.288 e. The first-order valence-corrected chi connectivity index (χ1v) is 13.0. The minimum atomic E-state index is -0.282. The van der Waals surface area contributed by atoms with Crippen molar-refractivity contribution < 1.29 is 9.53 Å². The molecule has 6 heteroatoms. The normalized spacial score (nSPS) is 26.5. The molecule has 4 bridgehead atoms. The predicted octanol–water partition coefficient (Wildman–Crippen LogP) is 5.63. The van der Waals surface area contributed by atoms with E-state index in [9.17, 15) is 4.79 Å². The van der Waals surface area contributed by atoms with E-state index in [-0.39, 0.29) is 11.3 Å². The summed E-state index contributed by atoms with van der Waals surface area (Å²) >= 11 is 5.56. The first-order valence-electron chi connectivity index (χ1n) is 12.6. The van der Waals surface area contributed by atoms with Crippen LogP contribution in [0.1, 0.15) is 65.7 Å². The number of rotatable bonds is 4. The van der Waals surface area contributed by atoms with Crippen LogP contribution in [0.25, 0.3) is 10.9 Å². The number of aromatic nitrogens is 1. The summed E-state index contributed by atoms with van der Waals surface area (Å²) in [6.07, 6.45) is 7.88. The van der Waals surface area contributed by atoms with Crippen molar-refractivity contribution in [3.8, 4) is 5.75 Å². The Morgan fingerprint density at radius 1 is 1.00 bits per heavy atom. The molecule has 0 aliphatic heterocycles. The lowest BCUT2D eigenvalue weighted by Crippen LogP contribution is -2.48. The number of hydrogen-bond acceptors (Lipinski definition) is 4. The Morgan fingerprint density at radius 3 is 2.37 bits per heavy atom. The lowest BCUT2D eigenvalue weighted by Gasteiger charge is -2.57. The summed E-state index contributed by atoms with van der Waals surface area (Å²) in [4.78, 5) is 18.4. The highest BCUT2D eigenvalue weighted by Crippen LogP contribution is 2.61. The van der Waals surface area contributed by atoms with Crippen molar-refractivity contribution in [1.82, 2.24) is 15.8 Å². The fraction of sp³-hybridized carbons (Fsp3) is 0.414. The van der Waals surface area contributed by atoms with Gasteiger partial charge in [-0.2, -0.15) is 0 Å². The average Bonchev–Trinajstić information content (AvgIpc) is 2.85. The monoisotopic (exact) mass is 485 g/mol. The molecule has 4 aliphatic carbocycles. The summed E-state index contributed by atoms with van der Waals surface area (Å²) in [6.45, 7) is 2.00. The molecule has 1 amide bonds. The van der Waals surface area contributed by atoms with E-state index in [1.807, 2.05) is 37.3 Å². The Labute approximate surface area is 211 Å². The molecule has 4 aliphatic rings. The quantitative estimate of drug-likeness (QED) is 0.370. The Bertz CT molecular complexity index is 1300. The number of hydrogen-bond donors (Lipinski definition) is 2. The van der Waals surface area contributed by atoms with Gasteiger partial charge in [-0.1, -0.05) is 42.0 Å². The van der Waals surface area contributed by atoms with Gasteiger partial charge in [-0.3, -0.25) is 15.6 Å². The van der Waals surface area contributed by atoms with Crippen LogP contribution >= 0.6 is 12.2 Å². The summed E-state index contributed by atoms with van der Waals surface area (Å²) in [6, 6.07) is 16.1. The van der Waals surface area contributed by atoms with E-state index in [2.05, 4.69) is 29.1 Å². The van der Waals surface area contributed by atoms with Crippen LogP contribution in [0.3, 0.4) is 0 Å². The van der Waals surface area contributed by atoms with Crippen molar-refractivity contribution in [3.05, 3.63) is 70.9 Å². The average molecular weight is 486 g/mol. The molecular weight excluding hydrogens is 454 g/mol. The molecule has 2 aromatic carbocycles. The molecular formula is C29H31N3O2S. The Hall–Kier alpha value is -2.99. The minimum absolute atomic E-state index is 0.171. The molecule has 1 aromatic heterocycles. The van der Waals surface area contributed by atoms with Crippen LogP contribution in [0.2, 0.25) is 0 Å². The number of hydrazine groups is 1. The molecule has 0 spiro atoms. The summed E-state index contributed by atoms with van der Waals surface area (Å²) < 4.78 is 5.44. The van der Waals surface area contributed by atoms with Gasteiger partial charge in [0.05, 0.1) is 18.2 Å². The van der Waals surface area contributed by atoms with Crippen molar-refractivity contribution in [1.29, 1.82) is 0 Å². The number of pyridine rings is 1. The second-order valence-corrected chi connectivity index (χ2v) is 11.3. The highest BCUT2D eigenvalue weighted by molar-refractivity contribution is 7.80. The molecule has 0 saturated heterocycles. The van der Waals surface area contributed by atoms with Crippen molar-refractivity contribution in [2.45, 2.75) is 50.9 Å². The van der Waals surface area contributed by atoms with Crippen molar-refractivity contribution >= 4 is 34.0 Å². The van der Waals surface area contributed by atoms with Crippen LogP contribution in [0, 0.1) is 24.7 Å². The molecule has 5 nitrogen and oxygen atoms in total. The number of ether oxygens (including phenoxy) is 1. The molecule has 35 heavy (non-hydrogen) atoms. The van der Waals surface area contributed by atoms with Crippen LogP contribution in [0.4, 0.5) is 0 Å². The van der Waals surface area contributed by atoms with E-state index in [1.165, 1.54) is 49.5 Å². The van der Waals surface area contributed by atoms with Gasteiger partial charge in [0.2, 0.25) is 0 Å². The smallest absolute Gasteiger partial charge is 0.288 e. The molecule has 0 radical (unpaired) electrons. The Kier molecular flexibility index (Phi) is 5.52. The number of nitrogens with one attached hydrogen (secondary N) is 2. The number of fused-ring (bicyclic) bond motifs is 1. The molecule has 2 N–H and O–H groups in total. The first-order chi connectivity index (χ1) is 16.9. The number of nitrogens with zero attached hydrogens (tertiary/aromatic N) is 1. The highest BCUT2D eigenvalue weighted by Gasteiger charge is 2.52. The topological polar surface area (TPSA) is 63.2 Å². The number of aryl methyl sites for hydroxylation is 1. The van der Waals surface area contributed by atoms with Gasteiger partial charge in [-0.25, -0.2) is 4.98 Å². The summed E-state index contributed by atoms with van der Waals surface area (Å²) in [5.41, 5.74) is 10.3. The lowest BCUT2D eigenvalue weighted by atomic mass is 9.48. The third-order valence-corrected chi connectivity index (χ3v) is 8.77. The van der Waals surface area contributed by atoms with Gasteiger partial charge >= 0.3 is 0 Å². The number of thiocarbonyl (C=S) groups is 1. The zero-order valence-corrected chi connectivity index (χ0v) is 21.1. The molecule has 0 atom stereocenters. The number of methoxy groups -OCH3 is 1. The van der Waals surface area contributed by atoms with Crippen LogP contribution in [0.15, 0.2) is 48.5 Å². The van der Waals surface area contributed by atoms with E-state index in [0.29, 0.717) is 16.4 Å². The summed E-state index contributed by atoms with van der Waals surface area (Å²) in [5.74, 6) is 2.86. The first kappa shape index (κ1) is 22.5. The number of benzene rings is 2. The summed E-state index contributed by atoms with van der Waals surface area (Å²) in [7, 11) is 1.61. The number of amides is 1. The number of para-hydroxylation sites is 1. The third kappa shape index (κ3) is 3.98. The van der Waals surface area contributed by atoms with Crippen molar-refractivity contribution in [3.63, 3.8) is 0 Å². The van der Waals surface area contributed by atoms with Gasteiger partial charge in [0.25, 0.3) is 5.91 Å². The van der Waals surface area contributed by atoms with Crippen LogP contribution in [0.5, 0.6) is 5.75 Å². The predicted molar refractivity (Wildman–Crippen MR) is 142 cm³/mol. The maximum absolute atomic E-state index is 13.3. The molecule has 4 saturated carbocycles. The Balaban J connectivity index is 1.30. The molecule has 1 heterocycles. The Morgan fingerprint density at radius 2 is 1.69 bits per heavy atom. The zero-order chi connectivity index (χ0) is 24.2. The SMILES string of the molecule is COc1ccc(C)cc1C(=S)NNC(=O)c1cc(C23CC4CC(CC(C4)C2)C3)c2ccccc2n1. The molecule has 0 unspecified atom stereocenters. The van der Waals surface area contributed by atoms with Gasteiger partial charge in [0.15, 0.2) is 0 Å².